The number of hydrogen-bond donors (Lipinski definition) is 1. The fourth-order valence-corrected chi connectivity index (χ4v) is 2.13. The third kappa shape index (κ3) is 2.70. The quantitative estimate of drug-likeness (QED) is 0.649. The lowest BCUT2D eigenvalue weighted by Crippen LogP contribution is -2.28. The van der Waals surface area contributed by atoms with Crippen molar-refractivity contribution in [1.82, 2.24) is 5.32 Å². The van der Waals surface area contributed by atoms with Crippen molar-refractivity contribution in [2.24, 2.45) is 0 Å². The Morgan fingerprint density at radius 3 is 2.94 bits per heavy atom. The summed E-state index contributed by atoms with van der Waals surface area (Å²) in [5.74, 6) is 0.561. The van der Waals surface area contributed by atoms with E-state index in [4.69, 9.17) is 4.74 Å². The van der Waals surface area contributed by atoms with Crippen molar-refractivity contribution < 1.29 is 9.66 Å². The van der Waals surface area contributed by atoms with Crippen molar-refractivity contribution in [3.05, 3.63) is 28.3 Å². The SMILES string of the molecule is COc1cc([N+](=O)[O-])ccc1N1CCCNCC1. The first-order valence-electron chi connectivity index (χ1n) is 6.00. The number of rotatable bonds is 3. The van der Waals surface area contributed by atoms with Crippen molar-refractivity contribution >= 4 is 11.4 Å². The molecule has 0 unspecified atom stereocenters. The summed E-state index contributed by atoms with van der Waals surface area (Å²) in [5.41, 5.74) is 0.982. The highest BCUT2D eigenvalue weighted by atomic mass is 16.6. The van der Waals surface area contributed by atoms with Crippen molar-refractivity contribution in [2.75, 3.05) is 38.2 Å². The summed E-state index contributed by atoms with van der Waals surface area (Å²) in [6.07, 6.45) is 1.06. The molecule has 0 spiro atoms. The largest absolute Gasteiger partial charge is 0.494 e. The molecule has 0 radical (unpaired) electrons. The molecule has 1 saturated heterocycles. The zero-order valence-corrected chi connectivity index (χ0v) is 10.4. The van der Waals surface area contributed by atoms with Crippen LogP contribution in [-0.4, -0.2) is 38.2 Å². The molecule has 98 valence electrons. The van der Waals surface area contributed by atoms with E-state index in [0.717, 1.165) is 38.3 Å². The van der Waals surface area contributed by atoms with Gasteiger partial charge in [-0.2, -0.15) is 0 Å². The lowest BCUT2D eigenvalue weighted by Gasteiger charge is -2.24. The molecule has 1 fully saturated rings. The van der Waals surface area contributed by atoms with Crippen LogP contribution < -0.4 is 15.0 Å². The number of non-ortho nitro benzene ring substituents is 1. The molecule has 0 aliphatic carbocycles. The fraction of sp³-hybridized carbons (Fsp3) is 0.500. The molecule has 1 aliphatic rings. The first-order chi connectivity index (χ1) is 8.72. The number of hydrogen-bond acceptors (Lipinski definition) is 5. The second-order valence-corrected chi connectivity index (χ2v) is 4.20. The molecule has 0 atom stereocenters. The molecule has 0 bridgehead atoms. The molecule has 1 aromatic carbocycles. The van der Waals surface area contributed by atoms with Crippen molar-refractivity contribution in [3.8, 4) is 5.75 Å². The second-order valence-electron chi connectivity index (χ2n) is 4.20. The summed E-state index contributed by atoms with van der Waals surface area (Å²) in [4.78, 5) is 12.5. The topological polar surface area (TPSA) is 67.6 Å². The van der Waals surface area contributed by atoms with Crippen LogP contribution in [0, 0.1) is 10.1 Å². The van der Waals surface area contributed by atoms with E-state index in [0.29, 0.717) is 5.75 Å². The van der Waals surface area contributed by atoms with Gasteiger partial charge in [-0.1, -0.05) is 0 Å². The van der Waals surface area contributed by atoms with E-state index >= 15 is 0 Å². The van der Waals surface area contributed by atoms with Crippen LogP contribution in [0.3, 0.4) is 0 Å². The minimum atomic E-state index is -0.406. The Morgan fingerprint density at radius 2 is 2.22 bits per heavy atom. The average molecular weight is 251 g/mol. The van der Waals surface area contributed by atoms with Gasteiger partial charge in [0.2, 0.25) is 0 Å². The van der Waals surface area contributed by atoms with Crippen LogP contribution in [0.2, 0.25) is 0 Å². The Labute approximate surface area is 106 Å². The normalized spacial score (nSPS) is 16.2. The highest BCUT2D eigenvalue weighted by Gasteiger charge is 2.17. The zero-order chi connectivity index (χ0) is 13.0. The molecular weight excluding hydrogens is 234 g/mol. The molecule has 1 aromatic rings. The van der Waals surface area contributed by atoms with Gasteiger partial charge >= 0.3 is 0 Å². The zero-order valence-electron chi connectivity index (χ0n) is 10.4. The number of methoxy groups -OCH3 is 1. The Hall–Kier alpha value is -1.82. The van der Waals surface area contributed by atoms with Gasteiger partial charge in [-0.05, 0) is 19.0 Å². The standard InChI is InChI=1S/C12H17N3O3/c1-18-12-9-10(15(16)17)3-4-11(12)14-7-2-5-13-6-8-14/h3-4,9,13H,2,5-8H2,1H3. The van der Waals surface area contributed by atoms with E-state index < -0.39 is 4.92 Å². The van der Waals surface area contributed by atoms with E-state index in [2.05, 4.69) is 10.2 Å². The number of ether oxygens (including phenoxy) is 1. The summed E-state index contributed by atoms with van der Waals surface area (Å²) in [5, 5.41) is 14.1. The minimum absolute atomic E-state index is 0.0588. The summed E-state index contributed by atoms with van der Waals surface area (Å²) in [7, 11) is 1.54. The van der Waals surface area contributed by atoms with Gasteiger partial charge in [0, 0.05) is 25.7 Å². The van der Waals surface area contributed by atoms with E-state index in [9.17, 15) is 10.1 Å². The molecule has 1 N–H and O–H groups in total. The van der Waals surface area contributed by atoms with Crippen LogP contribution in [0.25, 0.3) is 0 Å². The van der Waals surface area contributed by atoms with Crippen LogP contribution in [0.5, 0.6) is 5.75 Å². The van der Waals surface area contributed by atoms with E-state index in [1.807, 2.05) is 0 Å². The molecule has 0 amide bonds. The van der Waals surface area contributed by atoms with Gasteiger partial charge in [-0.25, -0.2) is 0 Å². The Kier molecular flexibility index (Phi) is 3.99. The van der Waals surface area contributed by atoms with Crippen LogP contribution in [0.15, 0.2) is 18.2 Å². The smallest absolute Gasteiger partial charge is 0.273 e. The van der Waals surface area contributed by atoms with Gasteiger partial charge in [0.05, 0.1) is 23.8 Å². The number of nitro groups is 1. The number of nitrogens with zero attached hydrogens (tertiary/aromatic N) is 2. The lowest BCUT2D eigenvalue weighted by atomic mass is 10.2. The summed E-state index contributed by atoms with van der Waals surface area (Å²) >= 11 is 0. The highest BCUT2D eigenvalue weighted by Crippen LogP contribution is 2.32. The highest BCUT2D eigenvalue weighted by molar-refractivity contribution is 5.62. The maximum absolute atomic E-state index is 10.7. The number of anilines is 1. The van der Waals surface area contributed by atoms with Gasteiger partial charge in [0.1, 0.15) is 5.75 Å². The van der Waals surface area contributed by atoms with Crippen molar-refractivity contribution in [1.29, 1.82) is 0 Å². The molecule has 1 aliphatic heterocycles. The first kappa shape index (κ1) is 12.6. The number of benzene rings is 1. The van der Waals surface area contributed by atoms with E-state index in [1.165, 1.54) is 12.1 Å². The average Bonchev–Trinajstić information content (AvgIpc) is 2.66. The Morgan fingerprint density at radius 1 is 1.39 bits per heavy atom. The van der Waals surface area contributed by atoms with Gasteiger partial charge < -0.3 is 15.0 Å². The summed E-state index contributed by atoms with van der Waals surface area (Å²) in [6, 6.07) is 4.77. The van der Waals surface area contributed by atoms with Crippen LogP contribution in [0.1, 0.15) is 6.42 Å². The third-order valence-corrected chi connectivity index (χ3v) is 3.05. The minimum Gasteiger partial charge on any atom is -0.494 e. The number of nitrogens with one attached hydrogen (secondary N) is 1. The predicted molar refractivity (Wildman–Crippen MR) is 69.3 cm³/mol. The second kappa shape index (κ2) is 5.68. The number of nitro benzene ring substituents is 1. The van der Waals surface area contributed by atoms with Gasteiger partial charge in [0.15, 0.2) is 0 Å². The first-order valence-corrected chi connectivity index (χ1v) is 6.00. The van der Waals surface area contributed by atoms with Gasteiger partial charge in [0.25, 0.3) is 5.69 Å². The molecule has 2 rings (SSSR count). The monoisotopic (exact) mass is 251 g/mol. The molecule has 0 aromatic heterocycles. The molecule has 18 heavy (non-hydrogen) atoms. The maximum Gasteiger partial charge on any atom is 0.273 e. The molecule has 6 heteroatoms. The van der Waals surface area contributed by atoms with Gasteiger partial charge in [-0.3, -0.25) is 10.1 Å². The van der Waals surface area contributed by atoms with Crippen molar-refractivity contribution in [3.63, 3.8) is 0 Å². The fourth-order valence-electron chi connectivity index (χ4n) is 2.13. The maximum atomic E-state index is 10.7. The molecule has 6 nitrogen and oxygen atoms in total. The lowest BCUT2D eigenvalue weighted by molar-refractivity contribution is -0.384. The molecule has 0 saturated carbocycles. The van der Waals surface area contributed by atoms with E-state index in [1.54, 1.807) is 13.2 Å². The van der Waals surface area contributed by atoms with Crippen molar-refractivity contribution in [2.45, 2.75) is 6.42 Å². The summed E-state index contributed by atoms with van der Waals surface area (Å²) in [6.45, 7) is 3.74. The molecular formula is C12H17N3O3. The van der Waals surface area contributed by atoms with Crippen LogP contribution in [0.4, 0.5) is 11.4 Å². The Bertz CT molecular complexity index is 429. The van der Waals surface area contributed by atoms with Crippen LogP contribution in [-0.2, 0) is 0 Å². The third-order valence-electron chi connectivity index (χ3n) is 3.05. The van der Waals surface area contributed by atoms with E-state index in [-0.39, 0.29) is 5.69 Å². The Balaban J connectivity index is 2.28. The molecule has 1 heterocycles. The van der Waals surface area contributed by atoms with Crippen LogP contribution >= 0.6 is 0 Å². The predicted octanol–water partition coefficient (Wildman–Crippen LogP) is 1.40. The van der Waals surface area contributed by atoms with Gasteiger partial charge in [-0.15, -0.1) is 0 Å². The summed E-state index contributed by atoms with van der Waals surface area (Å²) < 4.78 is 5.26.